The predicted molar refractivity (Wildman–Crippen MR) is 62.5 cm³/mol. The first-order valence-corrected chi connectivity index (χ1v) is 5.95. The summed E-state index contributed by atoms with van der Waals surface area (Å²) in [6.45, 7) is 5.12. The minimum Gasteiger partial charge on any atom is -0.488 e. The van der Waals surface area contributed by atoms with E-state index >= 15 is 0 Å². The average Bonchev–Trinajstić information content (AvgIpc) is 2.73. The van der Waals surface area contributed by atoms with Crippen LogP contribution in [0.3, 0.4) is 0 Å². The Morgan fingerprint density at radius 2 is 2.19 bits per heavy atom. The topological polar surface area (TPSA) is 47.0 Å². The molecule has 0 bridgehead atoms. The highest BCUT2D eigenvalue weighted by Crippen LogP contribution is 2.12. The number of aromatic nitrogens is 2. The van der Waals surface area contributed by atoms with Crippen LogP contribution in [-0.2, 0) is 6.42 Å². The van der Waals surface area contributed by atoms with Gasteiger partial charge in [-0.3, -0.25) is 0 Å². The maximum atomic E-state index is 5.50. The van der Waals surface area contributed by atoms with Crippen LogP contribution in [-0.4, -0.2) is 28.7 Å². The average molecular weight is 221 g/mol. The maximum Gasteiger partial charge on any atom is 0.156 e. The molecular formula is C12H19N3O. The van der Waals surface area contributed by atoms with Gasteiger partial charge >= 0.3 is 0 Å². The van der Waals surface area contributed by atoms with E-state index in [0.717, 1.165) is 24.5 Å². The zero-order chi connectivity index (χ0) is 11.4. The molecule has 4 heteroatoms. The van der Waals surface area contributed by atoms with Crippen LogP contribution in [0.5, 0.6) is 5.75 Å². The molecule has 2 heterocycles. The Kier molecular flexibility index (Phi) is 3.72. The van der Waals surface area contributed by atoms with E-state index in [9.17, 15) is 0 Å². The first kappa shape index (κ1) is 11.3. The Labute approximate surface area is 96.4 Å². The van der Waals surface area contributed by atoms with Gasteiger partial charge in [0.1, 0.15) is 5.82 Å². The summed E-state index contributed by atoms with van der Waals surface area (Å²) in [5.74, 6) is 1.65. The Morgan fingerprint density at radius 1 is 1.44 bits per heavy atom. The number of hydrogen-bond donors (Lipinski definition) is 1. The molecule has 88 valence electrons. The molecule has 0 aliphatic carbocycles. The fraction of sp³-hybridized carbons (Fsp3) is 0.667. The normalized spacial score (nSPS) is 20.3. The van der Waals surface area contributed by atoms with E-state index in [2.05, 4.69) is 15.3 Å². The maximum absolute atomic E-state index is 5.50. The Balaban J connectivity index is 1.90. The standard InChI is InChI=1S/C12H19N3O/c1-9(2)16-11-7-14-12(15-8-11)6-10-4-3-5-13-10/h7-10,13H,3-6H2,1-2H3. The van der Waals surface area contributed by atoms with Crippen LogP contribution in [0.25, 0.3) is 0 Å². The van der Waals surface area contributed by atoms with Crippen LogP contribution in [0.1, 0.15) is 32.5 Å². The first-order valence-electron chi connectivity index (χ1n) is 5.95. The molecule has 1 unspecified atom stereocenters. The van der Waals surface area contributed by atoms with Crippen LogP contribution in [0, 0.1) is 0 Å². The van der Waals surface area contributed by atoms with Crippen molar-refractivity contribution in [3.63, 3.8) is 0 Å². The lowest BCUT2D eigenvalue weighted by molar-refractivity contribution is 0.240. The molecule has 1 N–H and O–H groups in total. The van der Waals surface area contributed by atoms with Crippen molar-refractivity contribution in [2.45, 2.75) is 45.3 Å². The quantitative estimate of drug-likeness (QED) is 0.838. The van der Waals surface area contributed by atoms with Gasteiger partial charge in [0, 0.05) is 12.5 Å². The molecule has 2 rings (SSSR count). The molecule has 0 radical (unpaired) electrons. The lowest BCUT2D eigenvalue weighted by atomic mass is 10.1. The van der Waals surface area contributed by atoms with Crippen molar-refractivity contribution in [3.8, 4) is 5.75 Å². The minimum atomic E-state index is 0.172. The lowest BCUT2D eigenvalue weighted by Gasteiger charge is -2.10. The zero-order valence-electron chi connectivity index (χ0n) is 9.94. The summed E-state index contributed by atoms with van der Waals surface area (Å²) >= 11 is 0. The van der Waals surface area contributed by atoms with Gasteiger partial charge in [-0.05, 0) is 33.2 Å². The van der Waals surface area contributed by atoms with Gasteiger partial charge in [-0.15, -0.1) is 0 Å². The van der Waals surface area contributed by atoms with E-state index in [4.69, 9.17) is 4.74 Å². The van der Waals surface area contributed by atoms with E-state index in [1.807, 2.05) is 13.8 Å². The van der Waals surface area contributed by atoms with Crippen molar-refractivity contribution in [2.75, 3.05) is 6.54 Å². The molecule has 1 fully saturated rings. The van der Waals surface area contributed by atoms with Gasteiger partial charge in [0.05, 0.1) is 18.5 Å². The van der Waals surface area contributed by atoms with Gasteiger partial charge in [-0.25, -0.2) is 9.97 Å². The largest absolute Gasteiger partial charge is 0.488 e. The molecule has 0 saturated carbocycles. The van der Waals surface area contributed by atoms with Gasteiger partial charge in [0.15, 0.2) is 5.75 Å². The lowest BCUT2D eigenvalue weighted by Crippen LogP contribution is -2.24. The second-order valence-electron chi connectivity index (χ2n) is 4.50. The van der Waals surface area contributed by atoms with E-state index in [-0.39, 0.29) is 6.10 Å². The van der Waals surface area contributed by atoms with Crippen molar-refractivity contribution in [1.29, 1.82) is 0 Å². The molecule has 0 amide bonds. The highest BCUT2D eigenvalue weighted by Gasteiger charge is 2.15. The second kappa shape index (κ2) is 5.25. The third kappa shape index (κ3) is 3.17. The molecule has 1 saturated heterocycles. The van der Waals surface area contributed by atoms with Gasteiger partial charge in [-0.2, -0.15) is 0 Å². The Morgan fingerprint density at radius 3 is 2.75 bits per heavy atom. The SMILES string of the molecule is CC(C)Oc1cnc(CC2CCCN2)nc1. The Bertz CT molecular complexity index is 318. The monoisotopic (exact) mass is 221 g/mol. The summed E-state index contributed by atoms with van der Waals surface area (Å²) in [5, 5.41) is 3.44. The van der Waals surface area contributed by atoms with E-state index < -0.39 is 0 Å². The molecule has 1 aromatic heterocycles. The van der Waals surface area contributed by atoms with Crippen LogP contribution in [0.4, 0.5) is 0 Å². The molecule has 16 heavy (non-hydrogen) atoms. The number of rotatable bonds is 4. The fourth-order valence-corrected chi connectivity index (χ4v) is 1.93. The predicted octanol–water partition coefficient (Wildman–Crippen LogP) is 1.56. The number of hydrogen-bond acceptors (Lipinski definition) is 4. The zero-order valence-corrected chi connectivity index (χ0v) is 9.94. The fourth-order valence-electron chi connectivity index (χ4n) is 1.93. The van der Waals surface area contributed by atoms with E-state index in [1.165, 1.54) is 12.8 Å². The molecule has 1 atom stereocenters. The van der Waals surface area contributed by atoms with E-state index in [1.54, 1.807) is 12.4 Å². The third-order valence-electron chi connectivity index (χ3n) is 2.64. The molecule has 1 aliphatic heterocycles. The van der Waals surface area contributed by atoms with Crippen LogP contribution < -0.4 is 10.1 Å². The van der Waals surface area contributed by atoms with Gasteiger partial charge in [-0.1, -0.05) is 0 Å². The second-order valence-corrected chi connectivity index (χ2v) is 4.50. The van der Waals surface area contributed by atoms with Crippen molar-refractivity contribution < 1.29 is 4.74 Å². The summed E-state index contributed by atoms with van der Waals surface area (Å²) in [5.41, 5.74) is 0. The van der Waals surface area contributed by atoms with Crippen molar-refractivity contribution in [1.82, 2.24) is 15.3 Å². The van der Waals surface area contributed by atoms with Gasteiger partial charge in [0.25, 0.3) is 0 Å². The third-order valence-corrected chi connectivity index (χ3v) is 2.64. The number of ether oxygens (including phenoxy) is 1. The summed E-state index contributed by atoms with van der Waals surface area (Å²) in [7, 11) is 0. The van der Waals surface area contributed by atoms with Crippen LogP contribution in [0.15, 0.2) is 12.4 Å². The molecule has 0 aromatic carbocycles. The highest BCUT2D eigenvalue weighted by atomic mass is 16.5. The first-order chi connectivity index (χ1) is 7.74. The van der Waals surface area contributed by atoms with Crippen molar-refractivity contribution in [3.05, 3.63) is 18.2 Å². The number of nitrogens with zero attached hydrogens (tertiary/aromatic N) is 2. The smallest absolute Gasteiger partial charge is 0.156 e. The number of nitrogens with one attached hydrogen (secondary N) is 1. The molecule has 0 spiro atoms. The minimum absolute atomic E-state index is 0.172. The van der Waals surface area contributed by atoms with Gasteiger partial charge in [0.2, 0.25) is 0 Å². The molecule has 4 nitrogen and oxygen atoms in total. The van der Waals surface area contributed by atoms with Crippen molar-refractivity contribution >= 4 is 0 Å². The molecule has 1 aliphatic rings. The summed E-state index contributed by atoms with van der Waals surface area (Å²) in [4.78, 5) is 8.64. The van der Waals surface area contributed by atoms with Crippen LogP contribution >= 0.6 is 0 Å². The molecular weight excluding hydrogens is 202 g/mol. The van der Waals surface area contributed by atoms with Gasteiger partial charge < -0.3 is 10.1 Å². The van der Waals surface area contributed by atoms with Crippen molar-refractivity contribution in [2.24, 2.45) is 0 Å². The Hall–Kier alpha value is -1.16. The highest BCUT2D eigenvalue weighted by molar-refractivity contribution is 5.13. The van der Waals surface area contributed by atoms with Crippen LogP contribution in [0.2, 0.25) is 0 Å². The summed E-state index contributed by atoms with van der Waals surface area (Å²) < 4.78 is 5.50. The molecule has 1 aromatic rings. The van der Waals surface area contributed by atoms with E-state index in [0.29, 0.717) is 6.04 Å². The summed E-state index contributed by atoms with van der Waals surface area (Å²) in [6.07, 6.45) is 7.11. The summed E-state index contributed by atoms with van der Waals surface area (Å²) in [6, 6.07) is 0.553.